The van der Waals surface area contributed by atoms with Crippen molar-refractivity contribution in [2.75, 3.05) is 31.9 Å². The molecule has 0 bridgehead atoms. The van der Waals surface area contributed by atoms with E-state index in [0.717, 1.165) is 54.5 Å². The molecule has 0 aliphatic carbocycles. The van der Waals surface area contributed by atoms with Gasteiger partial charge >= 0.3 is 0 Å². The third-order valence-electron chi connectivity index (χ3n) is 3.84. The van der Waals surface area contributed by atoms with Crippen molar-refractivity contribution in [3.05, 3.63) is 16.1 Å². The van der Waals surface area contributed by atoms with Gasteiger partial charge in [0.25, 0.3) is 0 Å². The molecule has 2 atom stereocenters. The number of carbonyl (C=O) groups is 1. The number of aromatic nitrogens is 1. The van der Waals surface area contributed by atoms with Gasteiger partial charge in [-0.3, -0.25) is 4.79 Å². The number of nitrogens with zero attached hydrogens (tertiary/aromatic N) is 2. The molecule has 22 heavy (non-hydrogen) atoms. The molecule has 1 amide bonds. The van der Waals surface area contributed by atoms with Crippen LogP contribution in [0.2, 0.25) is 0 Å². The Hall–Kier alpha value is -0.590. The highest BCUT2D eigenvalue weighted by atomic mass is 32.2. The Morgan fingerprint density at radius 3 is 2.82 bits per heavy atom. The van der Waals surface area contributed by atoms with Crippen LogP contribution in [-0.4, -0.2) is 47.7 Å². The number of thiazole rings is 1. The van der Waals surface area contributed by atoms with E-state index >= 15 is 0 Å². The van der Waals surface area contributed by atoms with Crippen LogP contribution in [0.15, 0.2) is 5.38 Å². The standard InChI is InChI=1S/C16H27N3OS2/c1-12-6-13(2)8-19(7-12)5-4-17-16(20)11-21-9-15-10-22-14(3)18-15/h10,12-13H,4-9,11H2,1-3H3,(H,17,20)/t12-,13-/m1/s1. The average molecular weight is 342 g/mol. The molecule has 0 aromatic carbocycles. The second kappa shape index (κ2) is 8.89. The van der Waals surface area contributed by atoms with Crippen molar-refractivity contribution in [1.29, 1.82) is 0 Å². The van der Waals surface area contributed by atoms with Gasteiger partial charge in [0.1, 0.15) is 0 Å². The van der Waals surface area contributed by atoms with Gasteiger partial charge in [-0.1, -0.05) is 13.8 Å². The minimum absolute atomic E-state index is 0.134. The monoisotopic (exact) mass is 341 g/mol. The molecule has 1 aromatic rings. The largest absolute Gasteiger partial charge is 0.354 e. The summed E-state index contributed by atoms with van der Waals surface area (Å²) in [6, 6.07) is 0. The number of hydrogen-bond donors (Lipinski definition) is 1. The average Bonchev–Trinajstić information content (AvgIpc) is 2.83. The zero-order chi connectivity index (χ0) is 15.9. The number of thioether (sulfide) groups is 1. The summed E-state index contributed by atoms with van der Waals surface area (Å²) in [7, 11) is 0. The molecule has 1 aliphatic heterocycles. The molecule has 0 radical (unpaired) electrons. The number of rotatable bonds is 7. The molecule has 0 spiro atoms. The Bertz CT molecular complexity index is 468. The first-order valence-electron chi connectivity index (χ1n) is 8.00. The van der Waals surface area contributed by atoms with E-state index in [1.165, 1.54) is 6.42 Å². The van der Waals surface area contributed by atoms with Gasteiger partial charge in [-0.2, -0.15) is 0 Å². The van der Waals surface area contributed by atoms with Crippen LogP contribution in [0.1, 0.15) is 31.0 Å². The molecular weight excluding hydrogens is 314 g/mol. The normalized spacial score (nSPS) is 22.7. The first-order chi connectivity index (χ1) is 10.5. The number of amides is 1. The van der Waals surface area contributed by atoms with E-state index in [4.69, 9.17) is 0 Å². The van der Waals surface area contributed by atoms with Crippen LogP contribution >= 0.6 is 23.1 Å². The molecule has 2 heterocycles. The highest BCUT2D eigenvalue weighted by Crippen LogP contribution is 2.20. The molecule has 0 saturated carbocycles. The lowest BCUT2D eigenvalue weighted by molar-refractivity contribution is -0.118. The molecule has 1 N–H and O–H groups in total. The molecule has 1 aromatic heterocycles. The Balaban J connectivity index is 1.55. The van der Waals surface area contributed by atoms with E-state index < -0.39 is 0 Å². The van der Waals surface area contributed by atoms with Crippen LogP contribution < -0.4 is 5.32 Å². The molecule has 4 nitrogen and oxygen atoms in total. The zero-order valence-electron chi connectivity index (χ0n) is 13.8. The summed E-state index contributed by atoms with van der Waals surface area (Å²) in [5, 5.41) is 6.19. The number of carbonyl (C=O) groups excluding carboxylic acids is 1. The fourth-order valence-corrected chi connectivity index (χ4v) is 4.57. The second-order valence-corrected chi connectivity index (χ2v) is 8.45. The van der Waals surface area contributed by atoms with Gasteiger partial charge in [-0.25, -0.2) is 4.98 Å². The third kappa shape index (κ3) is 6.26. The summed E-state index contributed by atoms with van der Waals surface area (Å²) in [6.45, 7) is 10.7. The minimum atomic E-state index is 0.134. The number of hydrogen-bond acceptors (Lipinski definition) is 5. The topological polar surface area (TPSA) is 45.2 Å². The Morgan fingerprint density at radius 1 is 1.45 bits per heavy atom. The van der Waals surface area contributed by atoms with Crippen molar-refractivity contribution < 1.29 is 4.79 Å². The van der Waals surface area contributed by atoms with Crippen molar-refractivity contribution >= 4 is 29.0 Å². The van der Waals surface area contributed by atoms with E-state index in [1.54, 1.807) is 23.1 Å². The van der Waals surface area contributed by atoms with Gasteiger partial charge in [0, 0.05) is 37.3 Å². The summed E-state index contributed by atoms with van der Waals surface area (Å²) in [6.07, 6.45) is 1.33. The fourth-order valence-electron chi connectivity index (χ4n) is 3.10. The van der Waals surface area contributed by atoms with Crippen molar-refractivity contribution in [3.63, 3.8) is 0 Å². The predicted octanol–water partition coefficient (Wildman–Crippen LogP) is 2.78. The van der Waals surface area contributed by atoms with Crippen molar-refractivity contribution in [2.45, 2.75) is 32.9 Å². The van der Waals surface area contributed by atoms with E-state index in [1.807, 2.05) is 6.92 Å². The summed E-state index contributed by atoms with van der Waals surface area (Å²) >= 11 is 3.30. The first kappa shape index (κ1) is 17.8. The van der Waals surface area contributed by atoms with Gasteiger partial charge in [0.2, 0.25) is 5.91 Å². The Labute approximate surface area is 142 Å². The van der Waals surface area contributed by atoms with Crippen molar-refractivity contribution in [3.8, 4) is 0 Å². The van der Waals surface area contributed by atoms with Gasteiger partial charge in [-0.15, -0.1) is 23.1 Å². The summed E-state index contributed by atoms with van der Waals surface area (Å²) in [5.41, 5.74) is 1.08. The van der Waals surface area contributed by atoms with Crippen LogP contribution in [0.5, 0.6) is 0 Å². The molecule has 1 aliphatic rings. The number of likely N-dealkylation sites (tertiary alicyclic amines) is 1. The third-order valence-corrected chi connectivity index (χ3v) is 5.63. The molecule has 1 saturated heterocycles. The van der Waals surface area contributed by atoms with Gasteiger partial charge < -0.3 is 10.2 Å². The molecule has 124 valence electrons. The zero-order valence-corrected chi connectivity index (χ0v) is 15.4. The fraction of sp³-hybridized carbons (Fsp3) is 0.750. The van der Waals surface area contributed by atoms with E-state index in [9.17, 15) is 4.79 Å². The lowest BCUT2D eigenvalue weighted by Crippen LogP contribution is -2.43. The highest BCUT2D eigenvalue weighted by Gasteiger charge is 2.21. The van der Waals surface area contributed by atoms with E-state index in [2.05, 4.69) is 34.4 Å². The van der Waals surface area contributed by atoms with Crippen molar-refractivity contribution in [1.82, 2.24) is 15.2 Å². The number of piperidine rings is 1. The van der Waals surface area contributed by atoms with E-state index in [0.29, 0.717) is 5.75 Å². The maximum absolute atomic E-state index is 11.8. The van der Waals surface area contributed by atoms with E-state index in [-0.39, 0.29) is 5.91 Å². The minimum Gasteiger partial charge on any atom is -0.354 e. The first-order valence-corrected chi connectivity index (χ1v) is 10.0. The predicted molar refractivity (Wildman–Crippen MR) is 95.4 cm³/mol. The summed E-state index contributed by atoms with van der Waals surface area (Å²) in [5.74, 6) is 3.02. The van der Waals surface area contributed by atoms with Crippen LogP contribution in [0.3, 0.4) is 0 Å². The molecule has 6 heteroatoms. The second-order valence-electron chi connectivity index (χ2n) is 6.41. The SMILES string of the molecule is Cc1nc(CSCC(=O)NCCN2C[C@H](C)C[C@@H](C)C2)cs1. The molecule has 0 unspecified atom stereocenters. The quantitative estimate of drug-likeness (QED) is 0.828. The van der Waals surface area contributed by atoms with Crippen LogP contribution in [0.4, 0.5) is 0 Å². The lowest BCUT2D eigenvalue weighted by Gasteiger charge is -2.34. The molecule has 1 fully saturated rings. The van der Waals surface area contributed by atoms with Gasteiger partial charge in [-0.05, 0) is 25.2 Å². The van der Waals surface area contributed by atoms with Gasteiger partial charge in [0.15, 0.2) is 0 Å². The summed E-state index contributed by atoms with van der Waals surface area (Å²) < 4.78 is 0. The lowest BCUT2D eigenvalue weighted by atomic mass is 9.92. The molecule has 2 rings (SSSR count). The maximum atomic E-state index is 11.8. The Kier molecular flexibility index (Phi) is 7.18. The maximum Gasteiger partial charge on any atom is 0.230 e. The van der Waals surface area contributed by atoms with Crippen LogP contribution in [0, 0.1) is 18.8 Å². The van der Waals surface area contributed by atoms with Crippen molar-refractivity contribution in [2.24, 2.45) is 11.8 Å². The molecular formula is C16H27N3OS2. The number of nitrogens with one attached hydrogen (secondary N) is 1. The highest BCUT2D eigenvalue weighted by molar-refractivity contribution is 7.99. The van der Waals surface area contributed by atoms with Crippen LogP contribution in [0.25, 0.3) is 0 Å². The Morgan fingerprint density at radius 2 is 2.18 bits per heavy atom. The smallest absolute Gasteiger partial charge is 0.230 e. The number of aryl methyl sites for hydroxylation is 1. The van der Waals surface area contributed by atoms with Gasteiger partial charge in [0.05, 0.1) is 16.5 Å². The summed E-state index contributed by atoms with van der Waals surface area (Å²) in [4.78, 5) is 18.7. The van der Waals surface area contributed by atoms with Crippen LogP contribution in [-0.2, 0) is 10.5 Å².